The Balaban J connectivity index is 1.07. The van der Waals surface area contributed by atoms with Crippen LogP contribution in [-0.2, 0) is 0 Å². The van der Waals surface area contributed by atoms with Gasteiger partial charge in [-0.3, -0.25) is 9.59 Å². The first-order valence-corrected chi connectivity index (χ1v) is 10.9. The number of carbonyl (C=O) groups excluding carboxylic acids is 1. The van der Waals surface area contributed by atoms with Crippen LogP contribution in [0.25, 0.3) is 22.1 Å². The van der Waals surface area contributed by atoms with Crippen LogP contribution in [0, 0.1) is 5.41 Å². The van der Waals surface area contributed by atoms with E-state index in [-0.39, 0.29) is 22.9 Å². The Morgan fingerprint density at radius 2 is 1.78 bits per heavy atom. The number of nitrogens with one attached hydrogen (secondary N) is 2. The van der Waals surface area contributed by atoms with Crippen LogP contribution in [0.2, 0.25) is 0 Å². The van der Waals surface area contributed by atoms with E-state index in [0.29, 0.717) is 22.6 Å². The summed E-state index contributed by atoms with van der Waals surface area (Å²) in [5, 5.41) is 11.8. The minimum atomic E-state index is -0.140. The molecule has 0 bridgehead atoms. The number of hydrogen-bond donors (Lipinski definition) is 2. The van der Waals surface area contributed by atoms with Gasteiger partial charge >= 0.3 is 0 Å². The van der Waals surface area contributed by atoms with E-state index in [2.05, 4.69) is 20.5 Å². The third-order valence-corrected chi connectivity index (χ3v) is 7.03. The molecule has 1 amide bonds. The monoisotopic (exact) mass is 426 g/mol. The number of aromatic nitrogens is 3. The smallest absolute Gasteiger partial charge is 0.272 e. The molecule has 2 aromatic heterocycles. The van der Waals surface area contributed by atoms with E-state index in [1.54, 1.807) is 6.20 Å². The maximum atomic E-state index is 12.6. The molecule has 2 saturated carbocycles. The van der Waals surface area contributed by atoms with Crippen molar-refractivity contribution >= 4 is 16.7 Å². The Morgan fingerprint density at radius 3 is 2.50 bits per heavy atom. The predicted octanol–water partition coefficient (Wildman–Crippen LogP) is 4.03. The fourth-order valence-corrected chi connectivity index (χ4v) is 5.46. The number of rotatable bonds is 4. The fourth-order valence-electron chi connectivity index (χ4n) is 5.46. The molecule has 0 atom stereocenters. The lowest BCUT2D eigenvalue weighted by atomic mass is 9.49. The lowest BCUT2D eigenvalue weighted by Crippen LogP contribution is -2.55. The number of H-pyrrole nitrogens is 1. The summed E-state index contributed by atoms with van der Waals surface area (Å²) in [5.74, 6) is 0.998. The van der Waals surface area contributed by atoms with Gasteiger partial charge in [-0.25, -0.2) is 10.1 Å². The molecule has 7 heteroatoms. The number of oxazole rings is 1. The van der Waals surface area contributed by atoms with Crippen molar-refractivity contribution in [1.29, 1.82) is 0 Å². The second kappa shape index (κ2) is 7.15. The Labute approximate surface area is 183 Å². The SMILES string of the molecule is O=C(N[C@H]1CC2(C1)C[C@H](c1n[nH]c(=O)c3ccccc31)C2)c1ccc(-c2cnco2)cc1. The zero-order valence-corrected chi connectivity index (χ0v) is 17.4. The maximum Gasteiger partial charge on any atom is 0.272 e. The normalized spacial score (nSPS) is 24.1. The van der Waals surface area contributed by atoms with Crippen LogP contribution in [-0.4, -0.2) is 27.1 Å². The minimum Gasteiger partial charge on any atom is -0.444 e. The molecule has 2 N–H and O–H groups in total. The predicted molar refractivity (Wildman–Crippen MR) is 119 cm³/mol. The topological polar surface area (TPSA) is 101 Å². The van der Waals surface area contributed by atoms with Crippen LogP contribution >= 0.6 is 0 Å². The largest absolute Gasteiger partial charge is 0.444 e. The summed E-state index contributed by atoms with van der Waals surface area (Å²) in [6, 6.07) is 15.2. The fraction of sp³-hybridized carbons (Fsp3) is 0.280. The molecule has 0 aliphatic heterocycles. The summed E-state index contributed by atoms with van der Waals surface area (Å²) in [5.41, 5.74) is 2.68. The Bertz CT molecular complexity index is 1340. The van der Waals surface area contributed by atoms with E-state index in [4.69, 9.17) is 4.42 Å². The van der Waals surface area contributed by atoms with E-state index in [1.807, 2.05) is 48.5 Å². The lowest BCUT2D eigenvalue weighted by Gasteiger charge is -2.57. The Hall–Kier alpha value is -3.74. The van der Waals surface area contributed by atoms with Gasteiger partial charge in [0.05, 0.1) is 17.3 Å². The van der Waals surface area contributed by atoms with Crippen molar-refractivity contribution in [3.63, 3.8) is 0 Å². The highest BCUT2D eigenvalue weighted by Gasteiger charge is 2.54. The van der Waals surface area contributed by atoms with E-state index >= 15 is 0 Å². The minimum absolute atomic E-state index is 0.0434. The van der Waals surface area contributed by atoms with Crippen molar-refractivity contribution in [2.45, 2.75) is 37.6 Å². The molecule has 2 aromatic carbocycles. The van der Waals surface area contributed by atoms with Gasteiger partial charge in [-0.15, -0.1) is 0 Å². The summed E-state index contributed by atoms with van der Waals surface area (Å²) in [7, 11) is 0. The number of fused-ring (bicyclic) bond motifs is 1. The second-order valence-electron chi connectivity index (χ2n) is 9.11. The van der Waals surface area contributed by atoms with E-state index in [0.717, 1.165) is 42.3 Å². The number of carbonyl (C=O) groups is 1. The number of aromatic amines is 1. The molecule has 2 fully saturated rings. The molecule has 6 rings (SSSR count). The lowest BCUT2D eigenvalue weighted by molar-refractivity contribution is -0.0196. The van der Waals surface area contributed by atoms with Crippen molar-refractivity contribution in [2.75, 3.05) is 0 Å². The van der Waals surface area contributed by atoms with Crippen molar-refractivity contribution in [3.8, 4) is 11.3 Å². The molecule has 160 valence electrons. The first kappa shape index (κ1) is 19.0. The molecule has 2 aliphatic rings. The molecule has 1 spiro atoms. The number of benzene rings is 2. The molecular weight excluding hydrogens is 404 g/mol. The maximum absolute atomic E-state index is 12.6. The van der Waals surface area contributed by atoms with Gasteiger partial charge in [0.25, 0.3) is 11.5 Å². The zero-order valence-electron chi connectivity index (χ0n) is 17.4. The quantitative estimate of drug-likeness (QED) is 0.513. The summed E-state index contributed by atoms with van der Waals surface area (Å²) in [4.78, 5) is 28.6. The average molecular weight is 426 g/mol. The third kappa shape index (κ3) is 3.12. The second-order valence-corrected chi connectivity index (χ2v) is 9.11. The molecule has 2 heterocycles. The van der Waals surface area contributed by atoms with E-state index in [9.17, 15) is 9.59 Å². The molecule has 2 aliphatic carbocycles. The van der Waals surface area contributed by atoms with Gasteiger partial charge in [-0.05, 0) is 49.3 Å². The van der Waals surface area contributed by atoms with E-state index in [1.165, 1.54) is 6.39 Å². The molecular formula is C25H22N4O3. The van der Waals surface area contributed by atoms with Gasteiger partial charge in [-0.2, -0.15) is 5.10 Å². The highest BCUT2D eigenvalue weighted by molar-refractivity contribution is 5.94. The van der Waals surface area contributed by atoms with Gasteiger partial charge in [0.1, 0.15) is 0 Å². The van der Waals surface area contributed by atoms with E-state index < -0.39 is 0 Å². The van der Waals surface area contributed by atoms with Gasteiger partial charge in [0, 0.05) is 28.5 Å². The molecule has 0 radical (unpaired) electrons. The highest BCUT2D eigenvalue weighted by atomic mass is 16.3. The number of nitrogens with zero attached hydrogens (tertiary/aromatic N) is 2. The third-order valence-electron chi connectivity index (χ3n) is 7.03. The molecule has 7 nitrogen and oxygen atoms in total. The van der Waals surface area contributed by atoms with Gasteiger partial charge < -0.3 is 9.73 Å². The van der Waals surface area contributed by atoms with Crippen LogP contribution in [0.3, 0.4) is 0 Å². The average Bonchev–Trinajstić information content (AvgIpc) is 3.30. The summed E-state index contributed by atoms with van der Waals surface area (Å²) < 4.78 is 5.29. The first-order valence-electron chi connectivity index (χ1n) is 10.9. The van der Waals surface area contributed by atoms with Gasteiger partial charge in [-0.1, -0.05) is 30.3 Å². The first-order chi connectivity index (χ1) is 15.6. The van der Waals surface area contributed by atoms with Crippen LogP contribution in [0.5, 0.6) is 0 Å². The molecule has 0 unspecified atom stereocenters. The molecule has 32 heavy (non-hydrogen) atoms. The summed E-state index contributed by atoms with van der Waals surface area (Å²) in [6.07, 6.45) is 7.13. The summed E-state index contributed by atoms with van der Waals surface area (Å²) in [6.45, 7) is 0. The van der Waals surface area contributed by atoms with Gasteiger partial charge in [0.2, 0.25) is 0 Å². The van der Waals surface area contributed by atoms with Crippen molar-refractivity contribution < 1.29 is 9.21 Å². The van der Waals surface area contributed by atoms with Crippen LogP contribution < -0.4 is 10.9 Å². The van der Waals surface area contributed by atoms with Crippen molar-refractivity contribution in [2.24, 2.45) is 5.41 Å². The number of hydrogen-bond acceptors (Lipinski definition) is 5. The molecule has 0 saturated heterocycles. The van der Waals surface area contributed by atoms with Gasteiger partial charge in [0.15, 0.2) is 12.2 Å². The standard InChI is InChI=1S/C25H22N4O3/c30-23(16-7-5-15(6-8-16)21-13-26-14-32-21)27-18-11-25(12-18)9-17(10-25)22-19-3-1-2-4-20(19)24(31)29-28-22/h1-8,13-14,17-18H,9-12H2,(H,27,30)(H,29,31)/t17-,18-,25?. The highest BCUT2D eigenvalue weighted by Crippen LogP contribution is 2.62. The number of amides is 1. The van der Waals surface area contributed by atoms with Crippen LogP contribution in [0.4, 0.5) is 0 Å². The summed E-state index contributed by atoms with van der Waals surface area (Å²) >= 11 is 0. The Kier molecular flexibility index (Phi) is 4.24. The molecule has 4 aromatic rings. The zero-order chi connectivity index (χ0) is 21.7. The van der Waals surface area contributed by atoms with Crippen molar-refractivity contribution in [1.82, 2.24) is 20.5 Å². The Morgan fingerprint density at radius 1 is 1.03 bits per heavy atom. The van der Waals surface area contributed by atoms with Crippen LogP contribution in [0.1, 0.15) is 47.7 Å². The van der Waals surface area contributed by atoms with Crippen LogP contribution in [0.15, 0.2) is 70.3 Å². The van der Waals surface area contributed by atoms with Crippen molar-refractivity contribution in [3.05, 3.63) is 82.7 Å².